The van der Waals surface area contributed by atoms with Crippen LogP contribution in [-0.4, -0.2) is 31.5 Å². The number of nitrogens with one attached hydrogen (secondary N) is 1. The molecular weight excluding hydrogens is 290 g/mol. The molecule has 118 valence electrons. The van der Waals surface area contributed by atoms with Gasteiger partial charge in [0.15, 0.2) is 0 Å². The van der Waals surface area contributed by atoms with E-state index in [2.05, 4.69) is 4.72 Å². The number of anilines is 1. The molecule has 0 spiro atoms. The average molecular weight is 313 g/mol. The molecule has 1 aliphatic heterocycles. The van der Waals surface area contributed by atoms with Crippen LogP contribution < -0.4 is 9.46 Å². The lowest BCUT2D eigenvalue weighted by atomic mass is 10.1. The van der Waals surface area contributed by atoms with E-state index in [0.29, 0.717) is 11.4 Å². The first-order valence-electron chi connectivity index (χ1n) is 6.94. The van der Waals surface area contributed by atoms with Crippen molar-refractivity contribution in [1.29, 1.82) is 0 Å². The second-order valence-corrected chi connectivity index (χ2v) is 9.21. The van der Waals surface area contributed by atoms with Gasteiger partial charge in [0.25, 0.3) is 0 Å². The Hall–Kier alpha value is -1.27. The van der Waals surface area contributed by atoms with Crippen LogP contribution in [0.1, 0.15) is 34.6 Å². The van der Waals surface area contributed by atoms with Crippen molar-refractivity contribution in [2.75, 3.05) is 11.3 Å². The highest BCUT2D eigenvalue weighted by Gasteiger charge is 2.41. The van der Waals surface area contributed by atoms with Gasteiger partial charge in [-0.15, -0.1) is 0 Å². The van der Waals surface area contributed by atoms with E-state index in [9.17, 15) is 8.42 Å². The van der Waals surface area contributed by atoms with Crippen LogP contribution in [0.4, 0.5) is 5.69 Å². The van der Waals surface area contributed by atoms with Gasteiger partial charge in [0.2, 0.25) is 10.0 Å². The van der Waals surface area contributed by atoms with Crippen molar-refractivity contribution in [3.8, 4) is 5.75 Å². The van der Waals surface area contributed by atoms with E-state index in [0.717, 1.165) is 6.61 Å². The number of benzene rings is 1. The highest BCUT2D eigenvalue weighted by Crippen LogP contribution is 2.30. The van der Waals surface area contributed by atoms with Gasteiger partial charge in [-0.1, -0.05) is 0 Å². The molecule has 1 heterocycles. The third-order valence-electron chi connectivity index (χ3n) is 3.40. The summed E-state index contributed by atoms with van der Waals surface area (Å²) >= 11 is 0. The zero-order chi connectivity index (χ0) is 15.9. The Bertz CT molecular complexity index is 596. The number of sulfonamides is 1. The van der Waals surface area contributed by atoms with Crippen molar-refractivity contribution in [3.63, 3.8) is 0 Å². The second kappa shape index (κ2) is 5.18. The van der Waals surface area contributed by atoms with Crippen molar-refractivity contribution < 1.29 is 17.9 Å². The predicted octanol–water partition coefficient (Wildman–Crippen LogP) is 2.78. The van der Waals surface area contributed by atoms with E-state index in [1.54, 1.807) is 45.0 Å². The molecule has 0 aliphatic carbocycles. The minimum absolute atomic E-state index is 0.122. The lowest BCUT2D eigenvalue weighted by Gasteiger charge is -2.25. The molecule has 0 bridgehead atoms. The molecule has 2 rings (SSSR count). The normalized spacial score (nSPS) is 19.2. The SMILES string of the molecule is CC(C)(Oc1ccc(NS(=O)(=O)C(C)(C)C)cc1)C1CO1. The van der Waals surface area contributed by atoms with Gasteiger partial charge < -0.3 is 9.47 Å². The van der Waals surface area contributed by atoms with Gasteiger partial charge in [-0.05, 0) is 58.9 Å². The zero-order valence-electron chi connectivity index (χ0n) is 13.1. The second-order valence-electron chi connectivity index (χ2n) is 6.77. The van der Waals surface area contributed by atoms with Gasteiger partial charge in [0, 0.05) is 5.69 Å². The van der Waals surface area contributed by atoms with E-state index in [4.69, 9.17) is 9.47 Å². The first-order chi connectivity index (χ1) is 9.51. The van der Waals surface area contributed by atoms with Crippen molar-refractivity contribution in [2.45, 2.75) is 51.1 Å². The maximum absolute atomic E-state index is 12.1. The van der Waals surface area contributed by atoms with Crippen LogP contribution in [0.15, 0.2) is 24.3 Å². The lowest BCUT2D eigenvalue weighted by Crippen LogP contribution is -2.35. The number of ether oxygens (including phenoxy) is 2. The van der Waals surface area contributed by atoms with Crippen molar-refractivity contribution in [2.24, 2.45) is 0 Å². The van der Waals surface area contributed by atoms with Crippen molar-refractivity contribution in [1.82, 2.24) is 0 Å². The molecule has 1 saturated heterocycles. The fourth-order valence-corrected chi connectivity index (χ4v) is 2.47. The summed E-state index contributed by atoms with van der Waals surface area (Å²) in [6.07, 6.45) is 0.122. The summed E-state index contributed by atoms with van der Waals surface area (Å²) in [5.74, 6) is 0.689. The Balaban J connectivity index is 2.06. The first-order valence-corrected chi connectivity index (χ1v) is 8.43. The van der Waals surface area contributed by atoms with Gasteiger partial charge in [-0.2, -0.15) is 0 Å². The smallest absolute Gasteiger partial charge is 0.237 e. The lowest BCUT2D eigenvalue weighted by molar-refractivity contribution is 0.0744. The average Bonchev–Trinajstić information content (AvgIpc) is 3.13. The monoisotopic (exact) mass is 313 g/mol. The van der Waals surface area contributed by atoms with Crippen LogP contribution in [0.3, 0.4) is 0 Å². The molecule has 1 N–H and O–H groups in total. The molecule has 1 aromatic carbocycles. The van der Waals surface area contributed by atoms with Crippen LogP contribution in [0.25, 0.3) is 0 Å². The van der Waals surface area contributed by atoms with Crippen molar-refractivity contribution in [3.05, 3.63) is 24.3 Å². The molecular formula is C15H23NO4S. The van der Waals surface area contributed by atoms with Gasteiger partial charge >= 0.3 is 0 Å². The topological polar surface area (TPSA) is 67.9 Å². The van der Waals surface area contributed by atoms with Crippen LogP contribution in [0.2, 0.25) is 0 Å². The summed E-state index contributed by atoms with van der Waals surface area (Å²) in [4.78, 5) is 0. The highest BCUT2D eigenvalue weighted by molar-refractivity contribution is 7.94. The standard InChI is InChI=1S/C15H23NO4S/c1-14(2,3)21(17,18)16-11-6-8-12(9-7-11)20-15(4,5)13-10-19-13/h6-9,13,16H,10H2,1-5H3. The largest absolute Gasteiger partial charge is 0.485 e. The van der Waals surface area contributed by atoms with E-state index < -0.39 is 14.8 Å². The quantitative estimate of drug-likeness (QED) is 0.849. The van der Waals surface area contributed by atoms with Gasteiger partial charge in [-0.25, -0.2) is 8.42 Å². The molecule has 1 unspecified atom stereocenters. The molecule has 0 aromatic heterocycles. The van der Waals surface area contributed by atoms with Gasteiger partial charge in [-0.3, -0.25) is 4.72 Å². The summed E-state index contributed by atoms with van der Waals surface area (Å²) in [6, 6.07) is 6.90. The number of epoxide rings is 1. The minimum atomic E-state index is -3.41. The third-order valence-corrected chi connectivity index (χ3v) is 5.52. The van der Waals surface area contributed by atoms with Crippen LogP contribution in [-0.2, 0) is 14.8 Å². The number of rotatable bonds is 5. The highest BCUT2D eigenvalue weighted by atomic mass is 32.2. The van der Waals surface area contributed by atoms with E-state index >= 15 is 0 Å². The Kier molecular flexibility index (Phi) is 3.97. The Morgan fingerprint density at radius 3 is 2.10 bits per heavy atom. The van der Waals surface area contributed by atoms with Crippen LogP contribution in [0.5, 0.6) is 5.75 Å². The maximum Gasteiger partial charge on any atom is 0.237 e. The summed E-state index contributed by atoms with van der Waals surface area (Å²) < 4.78 is 37.0. The Morgan fingerprint density at radius 2 is 1.67 bits per heavy atom. The minimum Gasteiger partial charge on any atom is -0.485 e. The van der Waals surface area contributed by atoms with Crippen molar-refractivity contribution >= 4 is 15.7 Å². The molecule has 0 amide bonds. The summed E-state index contributed by atoms with van der Waals surface area (Å²) in [6.45, 7) is 9.64. The number of hydrogen-bond donors (Lipinski definition) is 1. The predicted molar refractivity (Wildman–Crippen MR) is 83.2 cm³/mol. The van der Waals surface area contributed by atoms with Gasteiger partial charge in [0.1, 0.15) is 17.5 Å². The summed E-state index contributed by atoms with van der Waals surface area (Å²) in [7, 11) is -3.41. The Labute approximate surface area is 126 Å². The fourth-order valence-electron chi connectivity index (χ4n) is 1.72. The van der Waals surface area contributed by atoms with Crippen LogP contribution >= 0.6 is 0 Å². The third kappa shape index (κ3) is 3.89. The number of hydrogen-bond acceptors (Lipinski definition) is 4. The maximum atomic E-state index is 12.1. The van der Waals surface area contributed by atoms with E-state index in [1.165, 1.54) is 0 Å². The van der Waals surface area contributed by atoms with E-state index in [-0.39, 0.29) is 11.7 Å². The zero-order valence-corrected chi connectivity index (χ0v) is 14.0. The fraction of sp³-hybridized carbons (Fsp3) is 0.600. The molecule has 0 radical (unpaired) electrons. The molecule has 21 heavy (non-hydrogen) atoms. The molecule has 1 atom stereocenters. The summed E-state index contributed by atoms with van der Waals surface area (Å²) in [5.41, 5.74) is 0.143. The Morgan fingerprint density at radius 1 is 1.14 bits per heavy atom. The molecule has 1 aliphatic rings. The van der Waals surface area contributed by atoms with E-state index in [1.807, 2.05) is 13.8 Å². The molecule has 6 heteroatoms. The first kappa shape index (κ1) is 16.1. The van der Waals surface area contributed by atoms with Gasteiger partial charge in [0.05, 0.1) is 11.4 Å². The molecule has 5 nitrogen and oxygen atoms in total. The molecule has 1 fully saturated rings. The summed E-state index contributed by atoms with van der Waals surface area (Å²) in [5, 5.41) is 0. The van der Waals surface area contributed by atoms with Crippen LogP contribution in [0, 0.1) is 0 Å². The molecule has 1 aromatic rings. The molecule has 0 saturated carbocycles.